The van der Waals surface area contributed by atoms with Gasteiger partial charge in [0.25, 0.3) is 0 Å². The fourth-order valence-corrected chi connectivity index (χ4v) is 5.41. The van der Waals surface area contributed by atoms with Crippen LogP contribution < -0.4 is 5.32 Å². The first kappa shape index (κ1) is 38.5. The zero-order valence-electron chi connectivity index (χ0n) is 25.6. The Morgan fingerprint density at radius 3 is 1.38 bits per heavy atom. The van der Waals surface area contributed by atoms with Crippen molar-refractivity contribution in [3.8, 4) is 0 Å². The topological polar surface area (TPSA) is 116 Å². The molecule has 7 nitrogen and oxygen atoms in total. The zero-order valence-corrected chi connectivity index (χ0v) is 26.4. The lowest BCUT2D eigenvalue weighted by Gasteiger charge is -2.24. The monoisotopic (exact) mass is 577 g/mol. The Bertz CT molecular complexity index is 585. The highest BCUT2D eigenvalue weighted by atomic mass is 31.2. The predicted octanol–water partition coefficient (Wildman–Crippen LogP) is 8.73. The first-order valence-corrected chi connectivity index (χ1v) is 18.0. The van der Waals surface area contributed by atoms with Crippen LogP contribution in [0.5, 0.6) is 0 Å². The summed E-state index contributed by atoms with van der Waals surface area (Å²) in [6.45, 7) is 4.08. The van der Waals surface area contributed by atoms with Crippen LogP contribution >= 0.6 is 7.82 Å². The summed E-state index contributed by atoms with van der Waals surface area (Å²) in [6, 6.07) is -0.814. The summed E-state index contributed by atoms with van der Waals surface area (Å²) in [7, 11) is -4.67. The van der Waals surface area contributed by atoms with Crippen LogP contribution in [0, 0.1) is 0 Å². The van der Waals surface area contributed by atoms with E-state index < -0.39 is 26.6 Å². The van der Waals surface area contributed by atoms with Gasteiger partial charge in [0.05, 0.1) is 18.8 Å². The first-order chi connectivity index (χ1) is 18.8. The van der Waals surface area contributed by atoms with Crippen molar-refractivity contribution >= 4 is 13.7 Å². The molecule has 0 rings (SSSR count). The lowest BCUT2D eigenvalue weighted by Crippen LogP contribution is -2.46. The predicted molar refractivity (Wildman–Crippen MR) is 163 cm³/mol. The van der Waals surface area contributed by atoms with Gasteiger partial charge in [-0.05, 0) is 12.8 Å². The Kier molecular flexibility index (Phi) is 27.4. The van der Waals surface area contributed by atoms with E-state index in [-0.39, 0.29) is 5.91 Å². The van der Waals surface area contributed by atoms with Crippen molar-refractivity contribution < 1.29 is 28.8 Å². The van der Waals surface area contributed by atoms with Crippen LogP contribution in [-0.2, 0) is 13.9 Å². The number of phosphoric acid groups is 1. The molecule has 0 fully saturated rings. The molecule has 1 amide bonds. The van der Waals surface area contributed by atoms with E-state index in [9.17, 15) is 14.5 Å². The fraction of sp³-hybridized carbons (Fsp3) is 0.968. The summed E-state index contributed by atoms with van der Waals surface area (Å²) in [5, 5.41) is 13.4. The summed E-state index contributed by atoms with van der Waals surface area (Å²) in [5.74, 6) is -0.196. The highest BCUT2D eigenvalue weighted by molar-refractivity contribution is 7.46. The second kappa shape index (κ2) is 27.7. The number of amides is 1. The molecule has 0 radical (unpaired) electrons. The van der Waals surface area contributed by atoms with Crippen molar-refractivity contribution in [1.82, 2.24) is 5.32 Å². The van der Waals surface area contributed by atoms with Crippen LogP contribution in [0.4, 0.5) is 0 Å². The van der Waals surface area contributed by atoms with Gasteiger partial charge in [-0.15, -0.1) is 0 Å². The summed E-state index contributed by atoms with van der Waals surface area (Å²) in [4.78, 5) is 30.6. The van der Waals surface area contributed by atoms with Crippen molar-refractivity contribution in [3.05, 3.63) is 0 Å². The lowest BCUT2D eigenvalue weighted by atomic mass is 10.0. The van der Waals surface area contributed by atoms with E-state index >= 15 is 0 Å². The Labute approximate surface area is 240 Å². The molecule has 0 aromatic rings. The van der Waals surface area contributed by atoms with E-state index in [2.05, 4.69) is 23.7 Å². The molecule has 39 heavy (non-hydrogen) atoms. The smallest absolute Gasteiger partial charge is 0.391 e. The number of hydrogen-bond acceptors (Lipinski definition) is 4. The maximum absolute atomic E-state index is 12.4. The van der Waals surface area contributed by atoms with Crippen molar-refractivity contribution in [1.29, 1.82) is 0 Å². The van der Waals surface area contributed by atoms with Crippen LogP contribution in [0.3, 0.4) is 0 Å². The van der Waals surface area contributed by atoms with Crippen molar-refractivity contribution in [2.45, 2.75) is 187 Å². The minimum Gasteiger partial charge on any atom is -0.391 e. The van der Waals surface area contributed by atoms with Crippen LogP contribution in [0.1, 0.15) is 174 Å². The minimum absolute atomic E-state index is 0.196. The summed E-state index contributed by atoms with van der Waals surface area (Å²) >= 11 is 0. The fourth-order valence-electron chi connectivity index (χ4n) is 5.05. The van der Waals surface area contributed by atoms with Gasteiger partial charge in [0.15, 0.2) is 0 Å². The second-order valence-electron chi connectivity index (χ2n) is 11.5. The highest BCUT2D eigenvalue weighted by Crippen LogP contribution is 2.36. The Morgan fingerprint density at radius 2 is 1.00 bits per heavy atom. The minimum atomic E-state index is -4.67. The number of unbranched alkanes of at least 4 members (excludes halogenated alkanes) is 21. The van der Waals surface area contributed by atoms with E-state index in [1.165, 1.54) is 109 Å². The van der Waals surface area contributed by atoms with Crippen LogP contribution in [0.2, 0.25) is 0 Å². The van der Waals surface area contributed by atoms with Gasteiger partial charge in [0, 0.05) is 6.42 Å². The molecule has 8 heteroatoms. The highest BCUT2D eigenvalue weighted by Gasteiger charge is 2.25. The maximum Gasteiger partial charge on any atom is 0.469 e. The van der Waals surface area contributed by atoms with E-state index in [4.69, 9.17) is 9.79 Å². The van der Waals surface area contributed by atoms with Crippen molar-refractivity contribution in [3.63, 3.8) is 0 Å². The average Bonchev–Trinajstić information content (AvgIpc) is 2.89. The Morgan fingerprint density at radius 1 is 0.641 bits per heavy atom. The number of aliphatic hydroxyl groups is 1. The maximum atomic E-state index is 12.4. The van der Waals surface area contributed by atoms with Crippen LogP contribution in [-0.4, -0.2) is 39.6 Å². The molecule has 0 aromatic heterocycles. The standard InChI is InChI=1S/C31H64NO6P/c1-3-5-7-9-11-13-15-16-17-18-20-22-24-26-30(33)29(28-38-39(35,36)37)32-31(34)27-25-23-21-19-14-12-10-8-6-4-2/h29-30,33H,3-28H2,1-2H3,(H,32,34)(H2,35,36,37)/t29-,30+/m0/s1. The van der Waals surface area contributed by atoms with Gasteiger partial charge in [0.1, 0.15) is 0 Å². The molecule has 0 unspecified atom stereocenters. The van der Waals surface area contributed by atoms with Gasteiger partial charge < -0.3 is 20.2 Å². The lowest BCUT2D eigenvalue weighted by molar-refractivity contribution is -0.123. The third kappa shape index (κ3) is 28.9. The number of hydrogen-bond donors (Lipinski definition) is 4. The van der Waals surface area contributed by atoms with Gasteiger partial charge in [-0.1, -0.05) is 155 Å². The van der Waals surface area contributed by atoms with Crippen molar-refractivity contribution in [2.75, 3.05) is 6.61 Å². The van der Waals surface area contributed by atoms with Gasteiger partial charge in [0.2, 0.25) is 5.91 Å². The van der Waals surface area contributed by atoms with E-state index in [0.717, 1.165) is 38.5 Å². The number of aliphatic hydroxyl groups excluding tert-OH is 1. The number of carbonyl (C=O) groups excluding carboxylic acids is 1. The third-order valence-corrected chi connectivity index (χ3v) is 8.08. The van der Waals surface area contributed by atoms with E-state index in [0.29, 0.717) is 12.8 Å². The van der Waals surface area contributed by atoms with Crippen LogP contribution in [0.15, 0.2) is 0 Å². The van der Waals surface area contributed by atoms with E-state index in [1.54, 1.807) is 0 Å². The summed E-state index contributed by atoms with van der Waals surface area (Å²) < 4.78 is 15.8. The normalized spacial score (nSPS) is 13.5. The molecule has 0 aliphatic rings. The molecule has 0 spiro atoms. The number of carbonyl (C=O) groups is 1. The number of nitrogens with one attached hydrogen (secondary N) is 1. The average molecular weight is 578 g/mol. The molecule has 0 aliphatic carbocycles. The molecule has 0 bridgehead atoms. The van der Waals surface area contributed by atoms with Crippen molar-refractivity contribution in [2.24, 2.45) is 0 Å². The van der Waals surface area contributed by atoms with E-state index in [1.807, 2.05) is 0 Å². The molecule has 234 valence electrons. The van der Waals surface area contributed by atoms with Gasteiger partial charge in [-0.3, -0.25) is 9.32 Å². The van der Waals surface area contributed by atoms with Crippen LogP contribution in [0.25, 0.3) is 0 Å². The molecule has 0 saturated heterocycles. The molecular formula is C31H64NO6P. The Balaban J connectivity index is 4.03. The number of phosphoric ester groups is 1. The second-order valence-corrected chi connectivity index (χ2v) is 12.7. The SMILES string of the molecule is CCCCCCCCCCCCCCC[C@@H](O)[C@H](COP(=O)(O)O)NC(=O)CCCCCCCCCCCC. The molecule has 0 aromatic carbocycles. The first-order valence-electron chi connectivity index (χ1n) is 16.5. The quantitative estimate of drug-likeness (QED) is 0.0501. The molecular weight excluding hydrogens is 513 g/mol. The van der Waals surface area contributed by atoms with Gasteiger partial charge >= 0.3 is 7.82 Å². The molecule has 0 heterocycles. The van der Waals surface area contributed by atoms with Gasteiger partial charge in [-0.25, -0.2) is 4.57 Å². The van der Waals surface area contributed by atoms with Gasteiger partial charge in [-0.2, -0.15) is 0 Å². The molecule has 0 saturated carbocycles. The molecule has 2 atom stereocenters. The zero-order chi connectivity index (χ0) is 29.0. The number of rotatable bonds is 30. The largest absolute Gasteiger partial charge is 0.469 e. The third-order valence-electron chi connectivity index (χ3n) is 7.59. The summed E-state index contributed by atoms with van der Waals surface area (Å²) in [6.07, 6.45) is 27.9. The molecule has 4 N–H and O–H groups in total. The Hall–Kier alpha value is -0.460. The summed E-state index contributed by atoms with van der Waals surface area (Å²) in [5.41, 5.74) is 0. The molecule has 0 aliphatic heterocycles.